The Morgan fingerprint density at radius 3 is 2.61 bits per heavy atom. The lowest BCUT2D eigenvalue weighted by Gasteiger charge is -2.13. The average molecular weight is 406 g/mol. The molecule has 0 fully saturated rings. The average Bonchev–Trinajstić information content (AvgIpc) is 2.97. The summed E-state index contributed by atoms with van der Waals surface area (Å²) in [5.74, 6) is -1.65. The van der Waals surface area contributed by atoms with Gasteiger partial charge in [-0.2, -0.15) is 0 Å². The van der Waals surface area contributed by atoms with Crippen molar-refractivity contribution in [1.82, 2.24) is 0 Å². The predicted octanol–water partition coefficient (Wildman–Crippen LogP) is 3.30. The van der Waals surface area contributed by atoms with Gasteiger partial charge in [-0.1, -0.05) is 17.7 Å². The SMILES string of the molecule is COc1ccc2c(c1OC)C(=O)O[C@@H]2CC(=O)Nc1ccc(Cl)c(C(=O)O)c1. The quantitative estimate of drug-likeness (QED) is 0.709. The molecule has 9 heteroatoms. The van der Waals surface area contributed by atoms with E-state index in [1.807, 2.05) is 0 Å². The van der Waals surface area contributed by atoms with Crippen molar-refractivity contribution in [1.29, 1.82) is 0 Å². The number of amides is 1. The van der Waals surface area contributed by atoms with E-state index >= 15 is 0 Å². The number of carbonyl (C=O) groups is 3. The van der Waals surface area contributed by atoms with Crippen molar-refractivity contribution in [3.8, 4) is 11.5 Å². The summed E-state index contributed by atoms with van der Waals surface area (Å²) in [6, 6.07) is 7.39. The Kier molecular flexibility index (Phi) is 5.41. The monoisotopic (exact) mass is 405 g/mol. The van der Waals surface area contributed by atoms with Gasteiger partial charge >= 0.3 is 11.9 Å². The van der Waals surface area contributed by atoms with E-state index in [-0.39, 0.29) is 34.0 Å². The number of hydrogen-bond acceptors (Lipinski definition) is 6. The molecular weight excluding hydrogens is 390 g/mol. The minimum atomic E-state index is -1.21. The van der Waals surface area contributed by atoms with Crippen LogP contribution in [0, 0.1) is 0 Å². The highest BCUT2D eigenvalue weighted by atomic mass is 35.5. The number of benzene rings is 2. The van der Waals surface area contributed by atoms with Crippen molar-refractivity contribution < 1.29 is 33.7 Å². The first-order chi connectivity index (χ1) is 13.3. The van der Waals surface area contributed by atoms with E-state index in [1.165, 1.54) is 32.4 Å². The maximum absolute atomic E-state index is 12.4. The number of anilines is 1. The molecule has 146 valence electrons. The lowest BCUT2D eigenvalue weighted by molar-refractivity contribution is -0.118. The molecule has 2 aromatic rings. The van der Waals surface area contributed by atoms with Gasteiger partial charge in [0.2, 0.25) is 5.91 Å². The highest BCUT2D eigenvalue weighted by Crippen LogP contribution is 2.43. The largest absolute Gasteiger partial charge is 0.493 e. The van der Waals surface area contributed by atoms with Crippen molar-refractivity contribution in [2.45, 2.75) is 12.5 Å². The molecule has 0 radical (unpaired) electrons. The molecule has 0 unspecified atom stereocenters. The first kappa shape index (κ1) is 19.5. The van der Waals surface area contributed by atoms with Gasteiger partial charge in [-0.05, 0) is 24.3 Å². The summed E-state index contributed by atoms with van der Waals surface area (Å²) < 4.78 is 15.7. The van der Waals surface area contributed by atoms with Crippen LogP contribution in [0.5, 0.6) is 11.5 Å². The van der Waals surface area contributed by atoms with E-state index in [4.69, 9.17) is 30.9 Å². The molecule has 8 nitrogen and oxygen atoms in total. The van der Waals surface area contributed by atoms with Gasteiger partial charge in [0, 0.05) is 11.3 Å². The number of cyclic esters (lactones) is 1. The van der Waals surface area contributed by atoms with E-state index < -0.39 is 23.9 Å². The maximum Gasteiger partial charge on any atom is 0.343 e. The third-order valence-electron chi connectivity index (χ3n) is 4.23. The molecule has 2 N–H and O–H groups in total. The second-order valence-corrected chi connectivity index (χ2v) is 6.32. The van der Waals surface area contributed by atoms with Crippen LogP contribution in [0.15, 0.2) is 30.3 Å². The molecule has 0 aromatic heterocycles. The van der Waals surface area contributed by atoms with Crippen LogP contribution in [-0.2, 0) is 9.53 Å². The molecule has 0 saturated heterocycles. The standard InChI is InChI=1S/C19H16ClNO7/c1-26-13-6-4-10-14(28-19(25)16(10)17(13)27-2)8-15(22)21-9-3-5-12(20)11(7-9)18(23)24/h3-7,14H,8H2,1-2H3,(H,21,22)(H,23,24)/t14-/m1/s1. The van der Waals surface area contributed by atoms with Crippen LogP contribution in [0.3, 0.4) is 0 Å². The molecule has 1 aliphatic heterocycles. The van der Waals surface area contributed by atoms with Crippen LogP contribution >= 0.6 is 11.6 Å². The summed E-state index contributed by atoms with van der Waals surface area (Å²) in [6.07, 6.45) is -0.951. The number of carboxylic acid groups (broad SMARTS) is 1. The van der Waals surface area contributed by atoms with Gasteiger partial charge in [-0.15, -0.1) is 0 Å². The number of rotatable bonds is 6. The third-order valence-corrected chi connectivity index (χ3v) is 4.56. The minimum Gasteiger partial charge on any atom is -0.493 e. The summed E-state index contributed by atoms with van der Waals surface area (Å²) in [5.41, 5.74) is 0.872. The smallest absolute Gasteiger partial charge is 0.343 e. The number of hydrogen-bond donors (Lipinski definition) is 2. The Labute approximate surface area is 165 Å². The van der Waals surface area contributed by atoms with E-state index in [0.29, 0.717) is 11.3 Å². The fraction of sp³-hybridized carbons (Fsp3) is 0.211. The molecule has 0 spiro atoms. The molecule has 2 aromatic carbocycles. The minimum absolute atomic E-state index is 0.0604. The lowest BCUT2D eigenvalue weighted by Crippen LogP contribution is -2.16. The number of methoxy groups -OCH3 is 2. The second kappa shape index (κ2) is 7.77. The summed E-state index contributed by atoms with van der Waals surface area (Å²) >= 11 is 5.82. The van der Waals surface area contributed by atoms with Crippen LogP contribution in [0.4, 0.5) is 5.69 Å². The highest BCUT2D eigenvalue weighted by Gasteiger charge is 2.36. The number of nitrogens with one attached hydrogen (secondary N) is 1. The Morgan fingerprint density at radius 1 is 1.21 bits per heavy atom. The van der Waals surface area contributed by atoms with Crippen LogP contribution in [0.25, 0.3) is 0 Å². The van der Waals surface area contributed by atoms with Gasteiger partial charge in [-0.3, -0.25) is 4.79 Å². The van der Waals surface area contributed by atoms with Crippen LogP contribution < -0.4 is 14.8 Å². The van der Waals surface area contributed by atoms with Crippen molar-refractivity contribution >= 4 is 35.1 Å². The van der Waals surface area contributed by atoms with E-state index in [9.17, 15) is 14.4 Å². The zero-order valence-corrected chi connectivity index (χ0v) is 15.7. The fourth-order valence-electron chi connectivity index (χ4n) is 2.97. The van der Waals surface area contributed by atoms with Crippen molar-refractivity contribution in [3.63, 3.8) is 0 Å². The highest BCUT2D eigenvalue weighted by molar-refractivity contribution is 6.33. The molecule has 0 bridgehead atoms. The number of halogens is 1. The van der Waals surface area contributed by atoms with Gasteiger partial charge < -0.3 is 24.6 Å². The van der Waals surface area contributed by atoms with Gasteiger partial charge in [-0.25, -0.2) is 9.59 Å². The van der Waals surface area contributed by atoms with Gasteiger partial charge in [0.15, 0.2) is 11.5 Å². The Morgan fingerprint density at radius 2 is 1.96 bits per heavy atom. The summed E-state index contributed by atoms with van der Waals surface area (Å²) in [5, 5.41) is 11.7. The van der Waals surface area contributed by atoms with Gasteiger partial charge in [0.05, 0.1) is 31.2 Å². The first-order valence-electron chi connectivity index (χ1n) is 8.14. The summed E-state index contributed by atoms with van der Waals surface area (Å²) in [6.45, 7) is 0. The Balaban J connectivity index is 1.79. The maximum atomic E-state index is 12.4. The Bertz CT molecular complexity index is 973. The predicted molar refractivity (Wildman–Crippen MR) is 99.4 cm³/mol. The van der Waals surface area contributed by atoms with Crippen LogP contribution in [0.1, 0.15) is 38.8 Å². The third kappa shape index (κ3) is 3.59. The van der Waals surface area contributed by atoms with Crippen LogP contribution in [0.2, 0.25) is 5.02 Å². The number of esters is 1. The van der Waals surface area contributed by atoms with E-state index in [2.05, 4.69) is 5.32 Å². The van der Waals surface area contributed by atoms with Crippen molar-refractivity contribution in [3.05, 3.63) is 52.0 Å². The molecule has 28 heavy (non-hydrogen) atoms. The first-order valence-corrected chi connectivity index (χ1v) is 8.52. The van der Waals surface area contributed by atoms with E-state index in [0.717, 1.165) is 0 Å². The number of carbonyl (C=O) groups excluding carboxylic acids is 2. The van der Waals surface area contributed by atoms with Gasteiger partial charge in [0.1, 0.15) is 11.7 Å². The molecule has 0 aliphatic carbocycles. The molecule has 0 saturated carbocycles. The number of aromatic carboxylic acids is 1. The normalized spacial score (nSPS) is 14.8. The second-order valence-electron chi connectivity index (χ2n) is 5.91. The fourth-order valence-corrected chi connectivity index (χ4v) is 3.17. The zero-order valence-electron chi connectivity index (χ0n) is 14.9. The number of ether oxygens (including phenoxy) is 3. The number of carboxylic acids is 1. The molecule has 1 heterocycles. The number of fused-ring (bicyclic) bond motifs is 1. The zero-order chi connectivity index (χ0) is 20.4. The summed E-state index contributed by atoms with van der Waals surface area (Å²) in [4.78, 5) is 35.8. The van der Waals surface area contributed by atoms with Crippen molar-refractivity contribution in [2.24, 2.45) is 0 Å². The molecule has 3 rings (SSSR count). The Hall–Kier alpha value is -3.26. The van der Waals surface area contributed by atoms with Gasteiger partial charge in [0.25, 0.3) is 0 Å². The molecule has 1 amide bonds. The molecule has 1 aliphatic rings. The topological polar surface area (TPSA) is 111 Å². The summed E-state index contributed by atoms with van der Waals surface area (Å²) in [7, 11) is 2.86. The molecule has 1 atom stereocenters. The van der Waals surface area contributed by atoms with Crippen molar-refractivity contribution in [2.75, 3.05) is 19.5 Å². The van der Waals surface area contributed by atoms with E-state index in [1.54, 1.807) is 12.1 Å². The van der Waals surface area contributed by atoms with Crippen LogP contribution in [-0.4, -0.2) is 37.2 Å². The lowest BCUT2D eigenvalue weighted by atomic mass is 10.0. The molecular formula is C19H16ClNO7.